The maximum Gasteiger partial charge on any atom is 0.226 e. The van der Waals surface area contributed by atoms with E-state index in [9.17, 15) is 4.79 Å². The molecule has 2 N–H and O–H groups in total. The zero-order valence-corrected chi connectivity index (χ0v) is 14.3. The molecule has 1 aromatic rings. The Balaban J connectivity index is 1.49. The van der Waals surface area contributed by atoms with Crippen molar-refractivity contribution in [2.75, 3.05) is 18.4 Å². The lowest BCUT2D eigenvalue weighted by atomic mass is 9.88. The largest absolute Gasteiger partial charge is 0.316 e. The maximum atomic E-state index is 12.1. The Morgan fingerprint density at radius 1 is 1.36 bits per heavy atom. The highest BCUT2D eigenvalue weighted by Gasteiger charge is 2.23. The van der Waals surface area contributed by atoms with Crippen molar-refractivity contribution in [3.63, 3.8) is 0 Å². The molecule has 1 aliphatic heterocycles. The lowest BCUT2D eigenvalue weighted by Crippen LogP contribution is -2.15. The molecule has 2 aliphatic rings. The van der Waals surface area contributed by atoms with Gasteiger partial charge in [-0.15, -0.1) is 11.3 Å². The highest BCUT2D eigenvalue weighted by Crippen LogP contribution is 2.34. The van der Waals surface area contributed by atoms with E-state index in [0.717, 1.165) is 43.4 Å². The number of hydrogen-bond donors (Lipinski definition) is 2. The quantitative estimate of drug-likeness (QED) is 0.844. The minimum Gasteiger partial charge on any atom is -0.316 e. The van der Waals surface area contributed by atoms with Gasteiger partial charge in [0.15, 0.2) is 5.13 Å². The molecule has 0 bridgehead atoms. The normalized spacial score (nSPS) is 24.2. The number of rotatable bonds is 6. The number of amides is 1. The van der Waals surface area contributed by atoms with Gasteiger partial charge in [0.25, 0.3) is 0 Å². The Bertz CT molecular complexity index is 508. The second-order valence-electron chi connectivity index (χ2n) is 6.73. The summed E-state index contributed by atoms with van der Waals surface area (Å²) in [5, 5.41) is 7.19. The topological polar surface area (TPSA) is 54.0 Å². The molecule has 1 aliphatic carbocycles. The van der Waals surface area contributed by atoms with Crippen LogP contribution in [0.3, 0.4) is 0 Å². The zero-order chi connectivity index (χ0) is 15.4. The molecule has 0 spiro atoms. The van der Waals surface area contributed by atoms with Crippen LogP contribution in [-0.2, 0) is 17.6 Å². The summed E-state index contributed by atoms with van der Waals surface area (Å²) in [6.07, 6.45) is 8.89. The standard InChI is InChI=1S/C17H27N3OS/c1-2-3-12-4-6-14-15(10-12)22-17(19-14)20-16(21)7-5-13-8-9-18-11-13/h12-13,18H,2-11H2,1H3,(H,19,20,21). The van der Waals surface area contributed by atoms with Gasteiger partial charge in [-0.2, -0.15) is 0 Å². The fraction of sp³-hybridized carbons (Fsp3) is 0.765. The van der Waals surface area contributed by atoms with Gasteiger partial charge in [-0.3, -0.25) is 4.79 Å². The summed E-state index contributed by atoms with van der Waals surface area (Å²) in [6, 6.07) is 0. The van der Waals surface area contributed by atoms with Crippen LogP contribution in [0, 0.1) is 11.8 Å². The van der Waals surface area contributed by atoms with Crippen LogP contribution in [0.25, 0.3) is 0 Å². The molecule has 0 radical (unpaired) electrons. The van der Waals surface area contributed by atoms with Crippen molar-refractivity contribution in [1.82, 2.24) is 10.3 Å². The Labute approximate surface area is 137 Å². The van der Waals surface area contributed by atoms with E-state index in [1.54, 1.807) is 11.3 Å². The highest BCUT2D eigenvalue weighted by molar-refractivity contribution is 7.15. The third-order valence-corrected chi connectivity index (χ3v) is 5.96. The summed E-state index contributed by atoms with van der Waals surface area (Å²) < 4.78 is 0. The molecule has 22 heavy (non-hydrogen) atoms. The van der Waals surface area contributed by atoms with Crippen LogP contribution in [0.5, 0.6) is 0 Å². The first-order valence-corrected chi connectivity index (χ1v) is 9.55. The molecule has 0 aromatic carbocycles. The summed E-state index contributed by atoms with van der Waals surface area (Å²) in [5.74, 6) is 1.62. The first kappa shape index (κ1) is 15.9. The molecule has 2 unspecified atom stereocenters. The van der Waals surface area contributed by atoms with Crippen molar-refractivity contribution in [3.8, 4) is 0 Å². The van der Waals surface area contributed by atoms with Crippen molar-refractivity contribution < 1.29 is 4.79 Å². The van der Waals surface area contributed by atoms with Crippen LogP contribution in [-0.4, -0.2) is 24.0 Å². The van der Waals surface area contributed by atoms with Crippen LogP contribution >= 0.6 is 11.3 Å². The van der Waals surface area contributed by atoms with Crippen LogP contribution in [0.1, 0.15) is 56.0 Å². The van der Waals surface area contributed by atoms with E-state index in [0.29, 0.717) is 12.3 Å². The minimum atomic E-state index is 0.128. The molecule has 2 heterocycles. The number of anilines is 1. The monoisotopic (exact) mass is 321 g/mol. The van der Waals surface area contributed by atoms with Gasteiger partial charge in [-0.1, -0.05) is 19.8 Å². The number of nitrogens with zero attached hydrogens (tertiary/aromatic N) is 1. The smallest absolute Gasteiger partial charge is 0.226 e. The van der Waals surface area contributed by atoms with E-state index >= 15 is 0 Å². The fourth-order valence-corrected chi connectivity index (χ4v) is 4.77. The van der Waals surface area contributed by atoms with E-state index in [2.05, 4.69) is 22.5 Å². The van der Waals surface area contributed by atoms with Gasteiger partial charge in [-0.05, 0) is 57.0 Å². The van der Waals surface area contributed by atoms with Crippen molar-refractivity contribution in [1.29, 1.82) is 0 Å². The molecule has 0 saturated carbocycles. The van der Waals surface area contributed by atoms with Crippen molar-refractivity contribution in [3.05, 3.63) is 10.6 Å². The van der Waals surface area contributed by atoms with Crippen LogP contribution in [0.15, 0.2) is 0 Å². The fourth-order valence-electron chi connectivity index (χ4n) is 3.63. The van der Waals surface area contributed by atoms with Crippen LogP contribution < -0.4 is 10.6 Å². The van der Waals surface area contributed by atoms with E-state index in [-0.39, 0.29) is 5.91 Å². The van der Waals surface area contributed by atoms with Gasteiger partial charge in [0.05, 0.1) is 5.69 Å². The van der Waals surface area contributed by atoms with Gasteiger partial charge < -0.3 is 10.6 Å². The summed E-state index contributed by atoms with van der Waals surface area (Å²) in [4.78, 5) is 18.1. The number of hydrogen-bond acceptors (Lipinski definition) is 4. The lowest BCUT2D eigenvalue weighted by Gasteiger charge is -2.19. The number of aromatic nitrogens is 1. The van der Waals surface area contributed by atoms with E-state index in [1.165, 1.54) is 36.3 Å². The summed E-state index contributed by atoms with van der Waals surface area (Å²) in [6.45, 7) is 4.43. The predicted octanol–water partition coefficient (Wildman–Crippen LogP) is 3.38. The number of thiazole rings is 1. The summed E-state index contributed by atoms with van der Waals surface area (Å²) >= 11 is 1.70. The van der Waals surface area contributed by atoms with Crippen LogP contribution in [0.4, 0.5) is 5.13 Å². The van der Waals surface area contributed by atoms with Gasteiger partial charge in [-0.25, -0.2) is 4.98 Å². The van der Waals surface area contributed by atoms with Crippen molar-refractivity contribution in [2.45, 2.75) is 58.3 Å². The molecule has 4 nitrogen and oxygen atoms in total. The van der Waals surface area contributed by atoms with E-state index in [4.69, 9.17) is 0 Å². The second-order valence-corrected chi connectivity index (χ2v) is 7.82. The number of aryl methyl sites for hydroxylation is 1. The molecule has 1 fully saturated rings. The first-order valence-electron chi connectivity index (χ1n) is 8.73. The van der Waals surface area contributed by atoms with E-state index < -0.39 is 0 Å². The average molecular weight is 321 g/mol. The van der Waals surface area contributed by atoms with Crippen molar-refractivity contribution >= 4 is 22.4 Å². The molecule has 1 saturated heterocycles. The predicted molar refractivity (Wildman–Crippen MR) is 91.4 cm³/mol. The molecular weight excluding hydrogens is 294 g/mol. The number of fused-ring (bicyclic) bond motifs is 1. The van der Waals surface area contributed by atoms with Gasteiger partial charge in [0.1, 0.15) is 0 Å². The third-order valence-electron chi connectivity index (χ3n) is 4.93. The minimum absolute atomic E-state index is 0.128. The molecular formula is C17H27N3OS. The van der Waals surface area contributed by atoms with Crippen LogP contribution in [0.2, 0.25) is 0 Å². The van der Waals surface area contributed by atoms with Gasteiger partial charge >= 0.3 is 0 Å². The Kier molecular flexibility index (Phi) is 5.47. The number of carbonyl (C=O) groups is 1. The molecule has 3 rings (SSSR count). The molecule has 2 atom stereocenters. The first-order chi connectivity index (χ1) is 10.7. The third kappa shape index (κ3) is 4.07. The average Bonchev–Trinajstić information content (AvgIpc) is 3.13. The van der Waals surface area contributed by atoms with Gasteiger partial charge in [0, 0.05) is 11.3 Å². The maximum absolute atomic E-state index is 12.1. The molecule has 1 amide bonds. The summed E-state index contributed by atoms with van der Waals surface area (Å²) in [7, 11) is 0. The summed E-state index contributed by atoms with van der Waals surface area (Å²) in [5.41, 5.74) is 1.23. The van der Waals surface area contributed by atoms with E-state index in [1.807, 2.05) is 0 Å². The molecule has 122 valence electrons. The lowest BCUT2D eigenvalue weighted by molar-refractivity contribution is -0.116. The SMILES string of the molecule is CCCC1CCc2nc(NC(=O)CCC3CCNC3)sc2C1. The Hall–Kier alpha value is -0.940. The zero-order valence-electron chi connectivity index (χ0n) is 13.5. The Morgan fingerprint density at radius 2 is 2.27 bits per heavy atom. The molecule has 5 heteroatoms. The highest BCUT2D eigenvalue weighted by atomic mass is 32.1. The number of carbonyl (C=O) groups excluding carboxylic acids is 1. The second kappa shape index (κ2) is 7.55. The van der Waals surface area contributed by atoms with Gasteiger partial charge in [0.2, 0.25) is 5.91 Å². The number of nitrogens with one attached hydrogen (secondary N) is 2. The van der Waals surface area contributed by atoms with Crippen molar-refractivity contribution in [2.24, 2.45) is 11.8 Å². The Morgan fingerprint density at radius 3 is 3.05 bits per heavy atom. The molecule has 1 aromatic heterocycles.